The fourth-order valence-electron chi connectivity index (χ4n) is 2.25. The van der Waals surface area contributed by atoms with Gasteiger partial charge in [-0.15, -0.1) is 0 Å². The van der Waals surface area contributed by atoms with E-state index in [0.29, 0.717) is 6.54 Å². The maximum atomic E-state index is 12.4. The molecule has 0 aliphatic carbocycles. The van der Waals surface area contributed by atoms with Crippen molar-refractivity contribution < 1.29 is 14.6 Å². The molecule has 138 valence electrons. The number of amides is 1. The molecule has 2 aromatic rings. The van der Waals surface area contributed by atoms with Crippen LogP contribution in [0.3, 0.4) is 0 Å². The topological polar surface area (TPSA) is 136 Å². The van der Waals surface area contributed by atoms with Gasteiger partial charge in [-0.3, -0.25) is 29.7 Å². The van der Waals surface area contributed by atoms with Gasteiger partial charge in [-0.25, -0.2) is 0 Å². The molecule has 1 heterocycles. The number of aromatic nitrogens is 2. The number of non-ortho nitro benzene ring substituents is 1. The van der Waals surface area contributed by atoms with Gasteiger partial charge in [0.05, 0.1) is 28.0 Å². The van der Waals surface area contributed by atoms with E-state index in [9.17, 15) is 25.0 Å². The molecule has 26 heavy (non-hydrogen) atoms. The van der Waals surface area contributed by atoms with Crippen molar-refractivity contribution >= 4 is 23.1 Å². The zero-order valence-corrected chi connectivity index (χ0v) is 14.5. The highest BCUT2D eigenvalue weighted by Gasteiger charge is 2.25. The summed E-state index contributed by atoms with van der Waals surface area (Å²) in [7, 11) is 3.84. The van der Waals surface area contributed by atoms with Crippen LogP contribution in [0.2, 0.25) is 0 Å². The standard InChI is InChI=1S/C15H18N6O5/c1-10-12(8-11(20(23)24)9-13(10)21(25)26)15(22)16-14-4-5-19(17-14)7-6-18(2)3/h4-5,8-9H,6-7H2,1-3H3,(H,16,17,22). The van der Waals surface area contributed by atoms with E-state index in [1.165, 1.54) is 6.92 Å². The molecule has 2 rings (SSSR count). The number of nitro benzene ring substituents is 2. The molecule has 1 N–H and O–H groups in total. The molecule has 0 aliphatic heterocycles. The number of carbonyl (C=O) groups is 1. The van der Waals surface area contributed by atoms with Crippen LogP contribution in [-0.2, 0) is 6.54 Å². The zero-order chi connectivity index (χ0) is 19.4. The maximum absolute atomic E-state index is 12.4. The lowest BCUT2D eigenvalue weighted by atomic mass is 10.0. The van der Waals surface area contributed by atoms with Crippen LogP contribution in [0.5, 0.6) is 0 Å². The minimum absolute atomic E-state index is 0.0464. The van der Waals surface area contributed by atoms with Crippen LogP contribution in [0.25, 0.3) is 0 Å². The van der Waals surface area contributed by atoms with Gasteiger partial charge in [-0.1, -0.05) is 0 Å². The lowest BCUT2D eigenvalue weighted by Gasteiger charge is -2.09. The lowest BCUT2D eigenvalue weighted by Crippen LogP contribution is -2.19. The minimum Gasteiger partial charge on any atom is -0.308 e. The zero-order valence-electron chi connectivity index (χ0n) is 14.5. The first-order valence-electron chi connectivity index (χ1n) is 7.62. The molecule has 0 bridgehead atoms. The number of nitrogens with zero attached hydrogens (tertiary/aromatic N) is 5. The van der Waals surface area contributed by atoms with Crippen LogP contribution >= 0.6 is 0 Å². The quantitative estimate of drug-likeness (QED) is 0.586. The van der Waals surface area contributed by atoms with Crippen LogP contribution in [0.4, 0.5) is 17.2 Å². The number of nitro groups is 2. The average molecular weight is 362 g/mol. The molecule has 0 saturated heterocycles. The number of likely N-dealkylation sites (N-methyl/N-ethyl adjacent to an activating group) is 1. The largest absolute Gasteiger partial charge is 0.308 e. The monoisotopic (exact) mass is 362 g/mol. The molecule has 0 atom stereocenters. The van der Waals surface area contributed by atoms with Gasteiger partial charge >= 0.3 is 0 Å². The van der Waals surface area contributed by atoms with Gasteiger partial charge in [0.25, 0.3) is 17.3 Å². The molecule has 1 aromatic carbocycles. The number of benzene rings is 1. The number of rotatable bonds is 7. The highest BCUT2D eigenvalue weighted by Crippen LogP contribution is 2.28. The van der Waals surface area contributed by atoms with Crippen LogP contribution in [0, 0.1) is 27.2 Å². The summed E-state index contributed by atoms with van der Waals surface area (Å²) >= 11 is 0. The molecule has 0 spiro atoms. The Bertz CT molecular complexity index is 860. The van der Waals surface area contributed by atoms with E-state index in [4.69, 9.17) is 0 Å². The molecular formula is C15H18N6O5. The molecule has 0 saturated carbocycles. The van der Waals surface area contributed by atoms with Crippen molar-refractivity contribution in [2.75, 3.05) is 26.0 Å². The van der Waals surface area contributed by atoms with Crippen LogP contribution in [0.15, 0.2) is 24.4 Å². The van der Waals surface area contributed by atoms with Gasteiger partial charge in [-0.05, 0) is 21.0 Å². The highest BCUT2D eigenvalue weighted by molar-refractivity contribution is 6.05. The SMILES string of the molecule is Cc1c(C(=O)Nc2ccn(CCN(C)C)n2)cc([N+](=O)[O-])cc1[N+](=O)[O-]. The van der Waals surface area contributed by atoms with E-state index in [1.807, 2.05) is 19.0 Å². The van der Waals surface area contributed by atoms with Crippen LogP contribution in [-0.4, -0.2) is 51.1 Å². The fourth-order valence-corrected chi connectivity index (χ4v) is 2.25. The second kappa shape index (κ2) is 7.70. The summed E-state index contributed by atoms with van der Waals surface area (Å²) in [5.74, 6) is -0.450. The van der Waals surface area contributed by atoms with E-state index >= 15 is 0 Å². The number of nitrogens with one attached hydrogen (secondary N) is 1. The molecular weight excluding hydrogens is 344 g/mol. The van der Waals surface area contributed by atoms with Crippen molar-refractivity contribution in [3.8, 4) is 0 Å². The molecule has 1 aromatic heterocycles. The Labute approximate surface area is 148 Å². The van der Waals surface area contributed by atoms with Gasteiger partial charge in [0, 0.05) is 30.4 Å². The van der Waals surface area contributed by atoms with Gasteiger partial charge < -0.3 is 10.2 Å². The summed E-state index contributed by atoms with van der Waals surface area (Å²) in [5, 5.41) is 28.8. The molecule has 0 unspecified atom stereocenters. The summed E-state index contributed by atoms with van der Waals surface area (Å²) in [6.45, 7) is 2.74. The van der Waals surface area contributed by atoms with E-state index in [0.717, 1.165) is 18.7 Å². The summed E-state index contributed by atoms with van der Waals surface area (Å²) in [6.07, 6.45) is 1.68. The number of anilines is 1. The molecule has 0 radical (unpaired) electrons. The van der Waals surface area contributed by atoms with Crippen molar-refractivity contribution in [3.63, 3.8) is 0 Å². The van der Waals surface area contributed by atoms with Crippen LogP contribution in [0.1, 0.15) is 15.9 Å². The number of carbonyl (C=O) groups excluding carboxylic acids is 1. The minimum atomic E-state index is -0.779. The summed E-state index contributed by atoms with van der Waals surface area (Å²) in [5.41, 5.74) is -1.11. The lowest BCUT2D eigenvalue weighted by molar-refractivity contribution is -0.394. The van der Waals surface area contributed by atoms with Gasteiger partial charge in [-0.2, -0.15) is 5.10 Å². The first kappa shape index (κ1) is 19.0. The van der Waals surface area contributed by atoms with Gasteiger partial charge in [0.1, 0.15) is 0 Å². The Morgan fingerprint density at radius 2 is 1.96 bits per heavy atom. The number of hydrogen-bond acceptors (Lipinski definition) is 7. The molecule has 0 fully saturated rings. The Morgan fingerprint density at radius 1 is 1.27 bits per heavy atom. The third-order valence-electron chi connectivity index (χ3n) is 3.68. The molecule has 11 heteroatoms. The third-order valence-corrected chi connectivity index (χ3v) is 3.68. The Hall–Kier alpha value is -3.34. The van der Waals surface area contributed by atoms with E-state index < -0.39 is 27.1 Å². The summed E-state index contributed by atoms with van der Waals surface area (Å²) in [6, 6.07) is 3.43. The summed E-state index contributed by atoms with van der Waals surface area (Å²) < 4.78 is 1.64. The van der Waals surface area contributed by atoms with Crippen molar-refractivity contribution in [1.29, 1.82) is 0 Å². The first-order valence-corrected chi connectivity index (χ1v) is 7.62. The number of hydrogen-bond donors (Lipinski definition) is 1. The van der Waals surface area contributed by atoms with Crippen molar-refractivity contribution in [3.05, 3.63) is 55.8 Å². The Morgan fingerprint density at radius 3 is 2.54 bits per heavy atom. The Kier molecular flexibility index (Phi) is 5.62. The molecule has 11 nitrogen and oxygen atoms in total. The van der Waals surface area contributed by atoms with Crippen molar-refractivity contribution in [2.24, 2.45) is 0 Å². The highest BCUT2D eigenvalue weighted by atomic mass is 16.6. The normalized spacial score (nSPS) is 10.8. The fraction of sp³-hybridized carbons (Fsp3) is 0.333. The van der Waals surface area contributed by atoms with Gasteiger partial charge in [0.15, 0.2) is 5.82 Å². The predicted molar refractivity (Wildman–Crippen MR) is 93.2 cm³/mol. The second-order valence-electron chi connectivity index (χ2n) is 5.87. The Balaban J connectivity index is 2.26. The predicted octanol–water partition coefficient (Wildman–Crippen LogP) is 1.82. The molecule has 1 amide bonds. The van der Waals surface area contributed by atoms with E-state index in [1.54, 1.807) is 16.9 Å². The second-order valence-corrected chi connectivity index (χ2v) is 5.87. The van der Waals surface area contributed by atoms with E-state index in [-0.39, 0.29) is 16.9 Å². The van der Waals surface area contributed by atoms with Gasteiger partial charge in [0.2, 0.25) is 0 Å². The average Bonchev–Trinajstić information content (AvgIpc) is 2.99. The van der Waals surface area contributed by atoms with Crippen LogP contribution < -0.4 is 5.32 Å². The van der Waals surface area contributed by atoms with Crippen molar-refractivity contribution in [2.45, 2.75) is 13.5 Å². The first-order chi connectivity index (χ1) is 12.2. The van der Waals surface area contributed by atoms with E-state index in [2.05, 4.69) is 10.4 Å². The molecule has 0 aliphatic rings. The third kappa shape index (κ3) is 4.39. The van der Waals surface area contributed by atoms with Crippen molar-refractivity contribution in [1.82, 2.24) is 14.7 Å². The maximum Gasteiger partial charge on any atom is 0.279 e. The summed E-state index contributed by atoms with van der Waals surface area (Å²) in [4.78, 5) is 35.0. The smallest absolute Gasteiger partial charge is 0.279 e.